The maximum absolute atomic E-state index is 5.84. The number of halogens is 1. The van der Waals surface area contributed by atoms with Crippen molar-refractivity contribution >= 4 is 29.9 Å². The third-order valence-corrected chi connectivity index (χ3v) is 4.60. The van der Waals surface area contributed by atoms with Gasteiger partial charge in [-0.05, 0) is 32.1 Å². The lowest BCUT2D eigenvalue weighted by Crippen LogP contribution is -2.43. The Labute approximate surface area is 191 Å². The van der Waals surface area contributed by atoms with Gasteiger partial charge in [0.2, 0.25) is 5.89 Å². The van der Waals surface area contributed by atoms with E-state index >= 15 is 0 Å². The van der Waals surface area contributed by atoms with Crippen LogP contribution in [0.2, 0.25) is 0 Å². The third-order valence-electron chi connectivity index (χ3n) is 4.60. The van der Waals surface area contributed by atoms with Crippen LogP contribution in [0.3, 0.4) is 0 Å². The molecule has 29 heavy (non-hydrogen) atoms. The number of likely N-dealkylation sites (N-methyl/N-ethyl adjacent to an activating group) is 1. The van der Waals surface area contributed by atoms with Gasteiger partial charge in [-0.1, -0.05) is 34.6 Å². The summed E-state index contributed by atoms with van der Waals surface area (Å²) in [5.74, 6) is 3.18. The lowest BCUT2D eigenvalue weighted by molar-refractivity contribution is 0.193. The molecular formula is C21H36IN5O2. The van der Waals surface area contributed by atoms with E-state index in [0.29, 0.717) is 19.0 Å². The highest BCUT2D eigenvalue weighted by Gasteiger charge is 2.21. The largest absolute Gasteiger partial charge is 0.468 e. The fraction of sp³-hybridized carbons (Fsp3) is 0.619. The second-order valence-electron chi connectivity index (χ2n) is 7.70. The lowest BCUT2D eigenvalue weighted by atomic mass is 9.94. The number of nitrogens with one attached hydrogen (secondary N) is 2. The Balaban J connectivity index is 0.00000420. The molecule has 0 spiro atoms. The zero-order valence-electron chi connectivity index (χ0n) is 18.5. The van der Waals surface area contributed by atoms with Gasteiger partial charge in [0.25, 0.3) is 0 Å². The molecule has 0 aliphatic heterocycles. The molecular weight excluding hydrogens is 481 g/mol. The van der Waals surface area contributed by atoms with E-state index < -0.39 is 0 Å². The number of hydrogen-bond acceptors (Lipinski definition) is 5. The molecule has 0 aromatic carbocycles. The molecule has 0 saturated heterocycles. The fourth-order valence-electron chi connectivity index (χ4n) is 2.97. The first-order valence-electron chi connectivity index (χ1n) is 10.1. The summed E-state index contributed by atoms with van der Waals surface area (Å²) in [7, 11) is 0. The summed E-state index contributed by atoms with van der Waals surface area (Å²) < 4.78 is 11.5. The van der Waals surface area contributed by atoms with E-state index in [4.69, 9.17) is 8.83 Å². The van der Waals surface area contributed by atoms with Crippen molar-refractivity contribution in [3.8, 4) is 0 Å². The third kappa shape index (κ3) is 7.65. The monoisotopic (exact) mass is 517 g/mol. The second kappa shape index (κ2) is 12.2. The van der Waals surface area contributed by atoms with Gasteiger partial charge in [0.15, 0.2) is 5.96 Å². The molecule has 2 aromatic rings. The average Bonchev–Trinajstić information content (AvgIpc) is 3.34. The molecule has 8 heteroatoms. The first-order chi connectivity index (χ1) is 13.4. The Morgan fingerprint density at radius 3 is 2.45 bits per heavy atom. The molecule has 2 aromatic heterocycles. The fourth-order valence-corrected chi connectivity index (χ4v) is 2.97. The predicted molar refractivity (Wildman–Crippen MR) is 128 cm³/mol. The minimum atomic E-state index is -0.0578. The van der Waals surface area contributed by atoms with Gasteiger partial charge in [0, 0.05) is 18.5 Å². The Hall–Kier alpha value is -1.55. The van der Waals surface area contributed by atoms with Gasteiger partial charge in [-0.3, -0.25) is 4.90 Å². The van der Waals surface area contributed by atoms with E-state index in [1.807, 2.05) is 12.1 Å². The van der Waals surface area contributed by atoms with Gasteiger partial charge in [-0.2, -0.15) is 0 Å². The molecule has 0 aliphatic carbocycles. The Bertz CT molecular complexity index is 718. The lowest BCUT2D eigenvalue weighted by Gasteiger charge is -2.28. The van der Waals surface area contributed by atoms with Crippen LogP contribution in [0, 0.1) is 0 Å². The van der Waals surface area contributed by atoms with Gasteiger partial charge >= 0.3 is 0 Å². The van der Waals surface area contributed by atoms with Gasteiger partial charge in [0.05, 0.1) is 18.5 Å². The highest BCUT2D eigenvalue weighted by atomic mass is 127. The molecule has 1 atom stereocenters. The van der Waals surface area contributed by atoms with E-state index in [1.54, 1.807) is 12.5 Å². The SMILES string of the molecule is CCNC(=NCc1ncc(C(C)(C)C)o1)NCC(c1ccco1)N(CC)CC.I. The van der Waals surface area contributed by atoms with Gasteiger partial charge < -0.3 is 19.5 Å². The van der Waals surface area contributed by atoms with Crippen LogP contribution in [0.4, 0.5) is 0 Å². The van der Waals surface area contributed by atoms with Crippen molar-refractivity contribution in [1.29, 1.82) is 0 Å². The molecule has 0 amide bonds. The molecule has 0 aliphatic rings. The summed E-state index contributed by atoms with van der Waals surface area (Å²) in [5, 5.41) is 6.72. The topological polar surface area (TPSA) is 78.8 Å². The van der Waals surface area contributed by atoms with Gasteiger partial charge in [-0.25, -0.2) is 9.98 Å². The van der Waals surface area contributed by atoms with Crippen LogP contribution >= 0.6 is 24.0 Å². The minimum absolute atomic E-state index is 0. The number of oxazole rings is 1. The Morgan fingerprint density at radius 1 is 1.21 bits per heavy atom. The van der Waals surface area contributed by atoms with E-state index in [9.17, 15) is 0 Å². The number of aliphatic imine (C=N–C) groups is 1. The van der Waals surface area contributed by atoms with Crippen LogP contribution in [-0.4, -0.2) is 42.0 Å². The predicted octanol–water partition coefficient (Wildman–Crippen LogP) is 4.32. The number of aromatic nitrogens is 1. The molecule has 0 fully saturated rings. The molecule has 2 heterocycles. The van der Waals surface area contributed by atoms with E-state index in [1.165, 1.54) is 0 Å². The normalized spacial score (nSPS) is 13.3. The first kappa shape index (κ1) is 25.5. The minimum Gasteiger partial charge on any atom is -0.468 e. The van der Waals surface area contributed by atoms with E-state index in [-0.39, 0.29) is 35.4 Å². The Kier molecular flexibility index (Phi) is 10.7. The zero-order valence-corrected chi connectivity index (χ0v) is 20.8. The van der Waals surface area contributed by atoms with Crippen LogP contribution in [-0.2, 0) is 12.0 Å². The molecule has 7 nitrogen and oxygen atoms in total. The van der Waals surface area contributed by atoms with Crippen molar-refractivity contribution in [3.05, 3.63) is 42.0 Å². The quantitative estimate of drug-likeness (QED) is 0.293. The maximum atomic E-state index is 5.84. The highest BCUT2D eigenvalue weighted by molar-refractivity contribution is 14.0. The van der Waals surface area contributed by atoms with Gasteiger partial charge in [-0.15, -0.1) is 24.0 Å². The van der Waals surface area contributed by atoms with Crippen molar-refractivity contribution < 1.29 is 8.83 Å². The summed E-state index contributed by atoms with van der Waals surface area (Å²) in [6.45, 7) is 16.4. The molecule has 164 valence electrons. The number of rotatable bonds is 9. The van der Waals surface area contributed by atoms with Crippen LogP contribution < -0.4 is 10.6 Å². The van der Waals surface area contributed by atoms with Gasteiger partial charge in [0.1, 0.15) is 18.1 Å². The maximum Gasteiger partial charge on any atom is 0.216 e. The second-order valence-corrected chi connectivity index (χ2v) is 7.70. The summed E-state index contributed by atoms with van der Waals surface area (Å²) in [5.41, 5.74) is -0.0578. The Morgan fingerprint density at radius 2 is 1.93 bits per heavy atom. The van der Waals surface area contributed by atoms with Crippen LogP contribution in [0.25, 0.3) is 0 Å². The number of nitrogens with zero attached hydrogens (tertiary/aromatic N) is 3. The molecule has 2 rings (SSSR count). The summed E-state index contributed by atoms with van der Waals surface area (Å²) in [6.07, 6.45) is 3.51. The standard InChI is InChI=1S/C21H35N5O2.HI/c1-7-22-20(25-15-19-23-14-18(28-19)21(4,5)6)24-13-16(26(8-2)9-3)17-11-10-12-27-17;/h10-12,14,16H,7-9,13,15H2,1-6H3,(H2,22,24,25);1H. The summed E-state index contributed by atoms with van der Waals surface area (Å²) in [6, 6.07) is 4.10. The molecule has 0 bridgehead atoms. The van der Waals surface area contributed by atoms with Crippen LogP contribution in [0.1, 0.15) is 65.0 Å². The van der Waals surface area contributed by atoms with Crippen molar-refractivity contribution in [3.63, 3.8) is 0 Å². The number of guanidine groups is 1. The number of hydrogen-bond donors (Lipinski definition) is 2. The first-order valence-corrected chi connectivity index (χ1v) is 10.1. The van der Waals surface area contributed by atoms with Crippen molar-refractivity contribution in [2.24, 2.45) is 4.99 Å². The summed E-state index contributed by atoms with van der Waals surface area (Å²) >= 11 is 0. The molecule has 2 N–H and O–H groups in total. The highest BCUT2D eigenvalue weighted by Crippen LogP contribution is 2.23. The number of furan rings is 1. The van der Waals surface area contributed by atoms with Crippen molar-refractivity contribution in [1.82, 2.24) is 20.5 Å². The summed E-state index contributed by atoms with van der Waals surface area (Å²) in [4.78, 5) is 11.3. The molecule has 1 unspecified atom stereocenters. The molecule has 0 saturated carbocycles. The van der Waals surface area contributed by atoms with Crippen LogP contribution in [0.15, 0.2) is 38.4 Å². The zero-order chi connectivity index (χ0) is 20.6. The van der Waals surface area contributed by atoms with E-state index in [2.05, 4.69) is 67.1 Å². The van der Waals surface area contributed by atoms with Crippen molar-refractivity contribution in [2.45, 2.75) is 59.5 Å². The van der Waals surface area contributed by atoms with E-state index in [0.717, 1.165) is 37.1 Å². The average molecular weight is 517 g/mol. The van der Waals surface area contributed by atoms with Crippen LogP contribution in [0.5, 0.6) is 0 Å². The van der Waals surface area contributed by atoms with Crippen molar-refractivity contribution in [2.75, 3.05) is 26.2 Å². The molecule has 0 radical (unpaired) electrons. The smallest absolute Gasteiger partial charge is 0.216 e.